The minimum absolute atomic E-state index is 0.0199. The first kappa shape index (κ1) is 11.4. The molecular formula is C10H13ClFNO. The molecule has 0 amide bonds. The zero-order chi connectivity index (χ0) is 10.6. The molecule has 1 rings (SSSR count). The number of rotatable bonds is 4. The molecule has 14 heavy (non-hydrogen) atoms. The monoisotopic (exact) mass is 217 g/mol. The Bertz CT molecular complexity index is 286. The highest BCUT2D eigenvalue weighted by molar-refractivity contribution is 6.31. The van der Waals surface area contributed by atoms with Crippen molar-refractivity contribution < 1.29 is 9.50 Å². The van der Waals surface area contributed by atoms with Gasteiger partial charge in [-0.1, -0.05) is 17.7 Å². The third kappa shape index (κ3) is 2.94. The molecule has 4 heteroatoms. The number of aliphatic hydroxyl groups is 1. The molecule has 0 saturated heterocycles. The van der Waals surface area contributed by atoms with Crippen LogP contribution in [0.5, 0.6) is 0 Å². The summed E-state index contributed by atoms with van der Waals surface area (Å²) in [6.07, 6.45) is 0. The average molecular weight is 218 g/mol. The van der Waals surface area contributed by atoms with Crippen LogP contribution in [0.1, 0.15) is 12.5 Å². The molecule has 0 aliphatic rings. The molecule has 0 heterocycles. The van der Waals surface area contributed by atoms with Gasteiger partial charge in [-0.2, -0.15) is 0 Å². The molecule has 0 bridgehead atoms. The molecule has 0 fully saturated rings. The van der Waals surface area contributed by atoms with Gasteiger partial charge in [-0.05, 0) is 19.1 Å². The molecule has 0 aliphatic heterocycles. The maximum atomic E-state index is 13.2. The van der Waals surface area contributed by atoms with E-state index in [-0.39, 0.29) is 18.5 Å². The van der Waals surface area contributed by atoms with E-state index in [2.05, 4.69) is 5.32 Å². The van der Waals surface area contributed by atoms with Gasteiger partial charge in [0, 0.05) is 23.2 Å². The summed E-state index contributed by atoms with van der Waals surface area (Å²) in [4.78, 5) is 0. The highest BCUT2D eigenvalue weighted by Crippen LogP contribution is 2.18. The van der Waals surface area contributed by atoms with Crippen molar-refractivity contribution in [2.75, 3.05) is 6.61 Å². The summed E-state index contributed by atoms with van der Waals surface area (Å²) in [7, 11) is 0. The molecule has 1 atom stereocenters. The second-order valence-electron chi connectivity index (χ2n) is 3.16. The van der Waals surface area contributed by atoms with E-state index in [1.807, 2.05) is 6.92 Å². The third-order valence-corrected chi connectivity index (χ3v) is 2.32. The van der Waals surface area contributed by atoms with Gasteiger partial charge in [0.25, 0.3) is 0 Å². The van der Waals surface area contributed by atoms with Gasteiger partial charge < -0.3 is 10.4 Å². The number of hydrogen-bond acceptors (Lipinski definition) is 2. The lowest BCUT2D eigenvalue weighted by Crippen LogP contribution is -2.29. The molecule has 1 unspecified atom stereocenters. The first-order valence-corrected chi connectivity index (χ1v) is 4.80. The molecule has 0 aromatic heterocycles. The lowest BCUT2D eigenvalue weighted by Gasteiger charge is -2.11. The Morgan fingerprint density at radius 2 is 2.29 bits per heavy atom. The van der Waals surface area contributed by atoms with E-state index in [1.54, 1.807) is 12.1 Å². The van der Waals surface area contributed by atoms with E-state index < -0.39 is 0 Å². The normalized spacial score (nSPS) is 12.9. The van der Waals surface area contributed by atoms with Gasteiger partial charge in [-0.3, -0.25) is 0 Å². The third-order valence-electron chi connectivity index (χ3n) is 1.96. The maximum Gasteiger partial charge on any atom is 0.129 e. The highest BCUT2D eigenvalue weighted by Gasteiger charge is 2.07. The lowest BCUT2D eigenvalue weighted by molar-refractivity contribution is 0.250. The molecule has 2 N–H and O–H groups in total. The number of nitrogens with one attached hydrogen (secondary N) is 1. The standard InChI is InChI=1S/C10H13ClFNO/c1-7(6-14)13-5-8-9(11)3-2-4-10(8)12/h2-4,7,13-14H,5-6H2,1H3. The zero-order valence-electron chi connectivity index (χ0n) is 7.93. The summed E-state index contributed by atoms with van der Waals surface area (Å²) in [6, 6.07) is 4.51. The molecule has 78 valence electrons. The predicted octanol–water partition coefficient (Wildman–Crippen LogP) is 1.95. The van der Waals surface area contributed by atoms with Gasteiger partial charge in [-0.25, -0.2) is 4.39 Å². The number of hydrogen-bond donors (Lipinski definition) is 2. The summed E-state index contributed by atoms with van der Waals surface area (Å²) in [6.45, 7) is 2.16. The Balaban J connectivity index is 2.66. The van der Waals surface area contributed by atoms with Crippen molar-refractivity contribution in [2.45, 2.75) is 19.5 Å². The SMILES string of the molecule is CC(CO)NCc1c(F)cccc1Cl. The van der Waals surface area contributed by atoms with Gasteiger partial charge in [0.2, 0.25) is 0 Å². The maximum absolute atomic E-state index is 13.2. The molecule has 1 aromatic rings. The molecule has 0 saturated carbocycles. The van der Waals surface area contributed by atoms with E-state index in [0.717, 1.165) is 0 Å². The quantitative estimate of drug-likeness (QED) is 0.808. The van der Waals surface area contributed by atoms with Crippen molar-refractivity contribution in [3.05, 3.63) is 34.6 Å². The summed E-state index contributed by atoms with van der Waals surface area (Å²) in [5.41, 5.74) is 0.439. The summed E-state index contributed by atoms with van der Waals surface area (Å²) in [5, 5.41) is 12.1. The van der Waals surface area contributed by atoms with Crippen LogP contribution in [-0.2, 0) is 6.54 Å². The fourth-order valence-corrected chi connectivity index (χ4v) is 1.27. The summed E-state index contributed by atoms with van der Waals surface area (Å²) >= 11 is 5.81. The number of halogens is 2. The molecule has 0 aliphatic carbocycles. The number of aliphatic hydroxyl groups excluding tert-OH is 1. The van der Waals surface area contributed by atoms with Crippen molar-refractivity contribution >= 4 is 11.6 Å². The first-order valence-electron chi connectivity index (χ1n) is 4.42. The van der Waals surface area contributed by atoms with Crippen LogP contribution in [0.25, 0.3) is 0 Å². The second-order valence-corrected chi connectivity index (χ2v) is 3.57. The van der Waals surface area contributed by atoms with Crippen LogP contribution in [0.2, 0.25) is 5.02 Å². The smallest absolute Gasteiger partial charge is 0.129 e. The van der Waals surface area contributed by atoms with Crippen molar-refractivity contribution in [1.82, 2.24) is 5.32 Å². The fourth-order valence-electron chi connectivity index (χ4n) is 1.04. The fraction of sp³-hybridized carbons (Fsp3) is 0.400. The lowest BCUT2D eigenvalue weighted by atomic mass is 10.2. The Morgan fingerprint density at radius 1 is 1.57 bits per heavy atom. The van der Waals surface area contributed by atoms with Crippen molar-refractivity contribution in [1.29, 1.82) is 0 Å². The van der Waals surface area contributed by atoms with Crippen LogP contribution in [0, 0.1) is 5.82 Å². The zero-order valence-corrected chi connectivity index (χ0v) is 8.68. The molecule has 2 nitrogen and oxygen atoms in total. The predicted molar refractivity (Wildman–Crippen MR) is 54.8 cm³/mol. The van der Waals surface area contributed by atoms with E-state index in [9.17, 15) is 4.39 Å². The van der Waals surface area contributed by atoms with Crippen LogP contribution in [0.4, 0.5) is 4.39 Å². The molecule has 0 radical (unpaired) electrons. The number of benzene rings is 1. The molecular weight excluding hydrogens is 205 g/mol. The minimum atomic E-state index is -0.324. The van der Waals surface area contributed by atoms with Crippen LogP contribution >= 0.6 is 11.6 Å². The summed E-state index contributed by atoms with van der Waals surface area (Å²) in [5.74, 6) is -0.324. The average Bonchev–Trinajstić information content (AvgIpc) is 2.16. The van der Waals surface area contributed by atoms with Crippen molar-refractivity contribution in [2.24, 2.45) is 0 Å². The van der Waals surface area contributed by atoms with Gasteiger partial charge in [0.05, 0.1) is 6.61 Å². The van der Waals surface area contributed by atoms with E-state index in [4.69, 9.17) is 16.7 Å². The van der Waals surface area contributed by atoms with Gasteiger partial charge in [-0.15, -0.1) is 0 Å². The largest absolute Gasteiger partial charge is 0.395 e. The van der Waals surface area contributed by atoms with Crippen LogP contribution < -0.4 is 5.32 Å². The van der Waals surface area contributed by atoms with Crippen LogP contribution in [0.3, 0.4) is 0 Å². The Kier molecular flexibility index (Phi) is 4.32. The van der Waals surface area contributed by atoms with Crippen molar-refractivity contribution in [3.63, 3.8) is 0 Å². The van der Waals surface area contributed by atoms with Gasteiger partial charge >= 0.3 is 0 Å². The van der Waals surface area contributed by atoms with E-state index in [1.165, 1.54) is 6.07 Å². The van der Waals surface area contributed by atoms with E-state index >= 15 is 0 Å². The Morgan fingerprint density at radius 3 is 2.86 bits per heavy atom. The highest BCUT2D eigenvalue weighted by atomic mass is 35.5. The Hall–Kier alpha value is -0.640. The van der Waals surface area contributed by atoms with Gasteiger partial charge in [0.1, 0.15) is 5.82 Å². The second kappa shape index (κ2) is 5.29. The van der Waals surface area contributed by atoms with Crippen molar-refractivity contribution in [3.8, 4) is 0 Å². The molecule has 1 aromatic carbocycles. The summed E-state index contributed by atoms with van der Waals surface area (Å²) < 4.78 is 13.2. The van der Waals surface area contributed by atoms with Crippen LogP contribution in [0.15, 0.2) is 18.2 Å². The topological polar surface area (TPSA) is 32.3 Å². The van der Waals surface area contributed by atoms with Crippen LogP contribution in [-0.4, -0.2) is 17.8 Å². The van der Waals surface area contributed by atoms with Gasteiger partial charge in [0.15, 0.2) is 0 Å². The minimum Gasteiger partial charge on any atom is -0.395 e. The first-order chi connectivity index (χ1) is 6.65. The Labute approximate surface area is 87.7 Å². The van der Waals surface area contributed by atoms with E-state index in [0.29, 0.717) is 17.1 Å². The molecule has 0 spiro atoms.